The molecule has 2 rings (SSSR count). The zero-order valence-corrected chi connectivity index (χ0v) is 15.5. The van der Waals surface area contributed by atoms with Crippen LogP contribution in [0.4, 0.5) is 5.13 Å². The van der Waals surface area contributed by atoms with Gasteiger partial charge in [0.15, 0.2) is 0 Å². The molecule has 6 nitrogen and oxygen atoms in total. The van der Waals surface area contributed by atoms with Gasteiger partial charge in [-0.15, -0.1) is 11.3 Å². The second kappa shape index (κ2) is 6.61. The molecule has 0 bridgehead atoms. The van der Waals surface area contributed by atoms with E-state index >= 15 is 0 Å². The molecule has 2 N–H and O–H groups in total. The van der Waals surface area contributed by atoms with Gasteiger partial charge in [0.2, 0.25) is 15.2 Å². The molecule has 2 aromatic rings. The predicted octanol–water partition coefficient (Wildman–Crippen LogP) is 2.60. The summed E-state index contributed by atoms with van der Waals surface area (Å²) in [6.07, 6.45) is 0. The van der Waals surface area contributed by atoms with E-state index in [0.717, 1.165) is 10.7 Å². The zero-order valence-electron chi connectivity index (χ0n) is 13.0. The van der Waals surface area contributed by atoms with Crippen LogP contribution in [0.2, 0.25) is 0 Å². The Morgan fingerprint density at radius 3 is 2.50 bits per heavy atom. The largest absolute Gasteiger partial charge is 0.359 e. The lowest BCUT2D eigenvalue weighted by Gasteiger charge is -2.12. The first-order valence-electron chi connectivity index (χ1n) is 6.83. The molecule has 122 valence electrons. The van der Waals surface area contributed by atoms with Crippen LogP contribution < -0.4 is 10.0 Å². The minimum atomic E-state index is -3.42. The molecular formula is C13H20N4O2S3. The molecule has 22 heavy (non-hydrogen) atoms. The first-order chi connectivity index (χ1) is 10.2. The van der Waals surface area contributed by atoms with E-state index in [-0.39, 0.29) is 5.41 Å². The summed E-state index contributed by atoms with van der Waals surface area (Å²) in [5.41, 5.74) is -0.0882. The average Bonchev–Trinajstić information content (AvgIpc) is 3.03. The van der Waals surface area contributed by atoms with Crippen molar-refractivity contribution in [2.75, 3.05) is 18.4 Å². The van der Waals surface area contributed by atoms with E-state index < -0.39 is 10.0 Å². The predicted molar refractivity (Wildman–Crippen MR) is 91.3 cm³/mol. The molecule has 0 atom stereocenters. The van der Waals surface area contributed by atoms with Crippen molar-refractivity contribution in [3.05, 3.63) is 22.8 Å². The van der Waals surface area contributed by atoms with Crippen molar-refractivity contribution in [1.29, 1.82) is 0 Å². The minimum Gasteiger partial charge on any atom is -0.359 e. The number of hydrogen-bond donors (Lipinski definition) is 2. The second-order valence-electron chi connectivity index (χ2n) is 5.86. The Balaban J connectivity index is 1.83. The van der Waals surface area contributed by atoms with Crippen LogP contribution >= 0.6 is 22.9 Å². The van der Waals surface area contributed by atoms with E-state index in [4.69, 9.17) is 0 Å². The van der Waals surface area contributed by atoms with Gasteiger partial charge in [-0.2, -0.15) is 4.37 Å². The smallest absolute Gasteiger partial charge is 0.250 e. The van der Waals surface area contributed by atoms with Crippen molar-refractivity contribution >= 4 is 38.0 Å². The fourth-order valence-electron chi connectivity index (χ4n) is 1.58. The van der Waals surface area contributed by atoms with Gasteiger partial charge in [-0.1, -0.05) is 20.8 Å². The van der Waals surface area contributed by atoms with Crippen LogP contribution in [0.1, 0.15) is 31.5 Å². The summed E-state index contributed by atoms with van der Waals surface area (Å²) in [6, 6.07) is 3.42. The third kappa shape index (κ3) is 4.48. The maximum absolute atomic E-state index is 12.0. The topological polar surface area (TPSA) is 84.0 Å². The van der Waals surface area contributed by atoms with E-state index in [9.17, 15) is 8.42 Å². The van der Waals surface area contributed by atoms with Crippen LogP contribution in [0.3, 0.4) is 0 Å². The maximum Gasteiger partial charge on any atom is 0.250 e. The summed E-state index contributed by atoms with van der Waals surface area (Å²) in [5.74, 6) is 0.787. The van der Waals surface area contributed by atoms with Gasteiger partial charge in [0.1, 0.15) is 10.0 Å². The monoisotopic (exact) mass is 360 g/mol. The highest BCUT2D eigenvalue weighted by atomic mass is 32.2. The molecule has 0 aliphatic carbocycles. The van der Waals surface area contributed by atoms with Gasteiger partial charge in [0.05, 0.1) is 0 Å². The summed E-state index contributed by atoms with van der Waals surface area (Å²) >= 11 is 2.55. The number of aromatic nitrogens is 2. The lowest BCUT2D eigenvalue weighted by molar-refractivity contribution is 0.555. The Bertz CT molecular complexity index is 729. The average molecular weight is 361 g/mol. The van der Waals surface area contributed by atoms with Gasteiger partial charge in [0.25, 0.3) is 0 Å². The summed E-state index contributed by atoms with van der Waals surface area (Å²) in [6.45, 7) is 8.79. The quantitative estimate of drug-likeness (QED) is 0.774. The molecule has 2 heterocycles. The third-order valence-electron chi connectivity index (χ3n) is 2.77. The van der Waals surface area contributed by atoms with Crippen molar-refractivity contribution in [3.8, 4) is 0 Å². The van der Waals surface area contributed by atoms with Crippen LogP contribution in [-0.2, 0) is 15.4 Å². The molecular weight excluding hydrogens is 340 g/mol. The molecule has 0 amide bonds. The maximum atomic E-state index is 12.0. The summed E-state index contributed by atoms with van der Waals surface area (Å²) in [4.78, 5) is 5.37. The third-order valence-corrected chi connectivity index (χ3v) is 6.40. The SMILES string of the molecule is Cc1ccc(S(=O)(=O)NCCNc2nc(C(C)(C)C)ns2)s1. The van der Waals surface area contributed by atoms with E-state index in [1.807, 2.05) is 6.92 Å². The summed E-state index contributed by atoms with van der Waals surface area (Å²) < 4.78 is 31.3. The standard InChI is InChI=1S/C13H20N4O2S3/c1-9-5-6-10(20-9)22(18,19)15-8-7-14-12-16-11(17-21-12)13(2,3)4/h5-6,15H,7-8H2,1-4H3,(H,14,16,17). The lowest BCUT2D eigenvalue weighted by Crippen LogP contribution is -2.28. The molecule has 0 spiro atoms. The first-order valence-corrected chi connectivity index (χ1v) is 9.90. The van der Waals surface area contributed by atoms with Crippen molar-refractivity contribution in [3.63, 3.8) is 0 Å². The number of sulfonamides is 1. The minimum absolute atomic E-state index is 0.0882. The summed E-state index contributed by atoms with van der Waals surface area (Å²) in [5, 5.41) is 3.79. The van der Waals surface area contributed by atoms with Gasteiger partial charge in [-0.05, 0) is 19.1 Å². The zero-order chi connectivity index (χ0) is 16.4. The van der Waals surface area contributed by atoms with E-state index in [1.54, 1.807) is 12.1 Å². The molecule has 0 saturated heterocycles. The Morgan fingerprint density at radius 2 is 1.95 bits per heavy atom. The number of thiophene rings is 1. The van der Waals surface area contributed by atoms with Gasteiger partial charge in [-0.3, -0.25) is 0 Å². The number of nitrogens with zero attached hydrogens (tertiary/aromatic N) is 2. The van der Waals surface area contributed by atoms with Crippen LogP contribution in [0.25, 0.3) is 0 Å². The molecule has 0 radical (unpaired) electrons. The summed E-state index contributed by atoms with van der Waals surface area (Å²) in [7, 11) is -3.42. The normalized spacial score (nSPS) is 12.5. The van der Waals surface area contributed by atoms with Crippen LogP contribution in [0.5, 0.6) is 0 Å². The number of hydrogen-bond acceptors (Lipinski definition) is 7. The van der Waals surface area contributed by atoms with Crippen molar-refractivity contribution in [2.24, 2.45) is 0 Å². The fourth-order valence-corrected chi connectivity index (χ4v) is 4.72. The van der Waals surface area contributed by atoms with Gasteiger partial charge in [-0.25, -0.2) is 18.1 Å². The molecule has 0 aromatic carbocycles. The van der Waals surface area contributed by atoms with Crippen LogP contribution in [-0.4, -0.2) is 30.9 Å². The van der Waals surface area contributed by atoms with E-state index in [2.05, 4.69) is 40.2 Å². The van der Waals surface area contributed by atoms with Crippen LogP contribution in [0, 0.1) is 6.92 Å². The fraction of sp³-hybridized carbons (Fsp3) is 0.538. The first kappa shape index (κ1) is 17.3. The second-order valence-corrected chi connectivity index (χ2v) is 9.90. The highest BCUT2D eigenvalue weighted by Crippen LogP contribution is 2.23. The molecule has 0 unspecified atom stereocenters. The number of nitrogens with one attached hydrogen (secondary N) is 2. The lowest BCUT2D eigenvalue weighted by atomic mass is 9.96. The highest BCUT2D eigenvalue weighted by molar-refractivity contribution is 7.91. The number of rotatable bonds is 6. The Labute approximate surface area is 139 Å². The highest BCUT2D eigenvalue weighted by Gasteiger charge is 2.19. The van der Waals surface area contributed by atoms with Crippen molar-refractivity contribution in [1.82, 2.24) is 14.1 Å². The molecule has 0 saturated carbocycles. The van der Waals surface area contributed by atoms with Gasteiger partial charge in [0, 0.05) is 34.9 Å². The number of anilines is 1. The molecule has 0 fully saturated rings. The number of aryl methyl sites for hydroxylation is 1. The van der Waals surface area contributed by atoms with Crippen LogP contribution in [0.15, 0.2) is 16.3 Å². The van der Waals surface area contributed by atoms with Gasteiger partial charge >= 0.3 is 0 Å². The van der Waals surface area contributed by atoms with Crippen molar-refractivity contribution < 1.29 is 8.42 Å². The van der Waals surface area contributed by atoms with E-state index in [0.29, 0.717) is 22.4 Å². The van der Waals surface area contributed by atoms with Crippen molar-refractivity contribution in [2.45, 2.75) is 37.3 Å². The Kier molecular flexibility index (Phi) is 5.21. The molecule has 0 aliphatic rings. The molecule has 0 aliphatic heterocycles. The Hall–Kier alpha value is -1.03. The molecule has 2 aromatic heterocycles. The molecule has 9 heteroatoms. The van der Waals surface area contributed by atoms with Gasteiger partial charge < -0.3 is 5.32 Å². The van der Waals surface area contributed by atoms with E-state index in [1.165, 1.54) is 22.9 Å². The Morgan fingerprint density at radius 1 is 1.23 bits per heavy atom.